The maximum atomic E-state index is 14.0. The predicted molar refractivity (Wildman–Crippen MR) is 138 cm³/mol. The lowest BCUT2D eigenvalue weighted by atomic mass is 10.1. The molecule has 7 nitrogen and oxygen atoms in total. The van der Waals surface area contributed by atoms with E-state index < -0.39 is 11.9 Å². The maximum absolute atomic E-state index is 14.0. The third-order valence-corrected chi connectivity index (χ3v) is 6.95. The van der Waals surface area contributed by atoms with Crippen molar-refractivity contribution in [2.24, 2.45) is 0 Å². The number of hydrogen-bond donors (Lipinski definition) is 2. The molecule has 0 bridgehead atoms. The summed E-state index contributed by atoms with van der Waals surface area (Å²) in [5.74, 6) is 0.0224. The first kappa shape index (κ1) is 25.7. The summed E-state index contributed by atoms with van der Waals surface area (Å²) in [6.07, 6.45) is 7.18. The number of halogens is 3. The molecule has 1 aliphatic rings. The van der Waals surface area contributed by atoms with Crippen molar-refractivity contribution in [1.29, 1.82) is 0 Å². The topological polar surface area (TPSA) is 81.2 Å². The van der Waals surface area contributed by atoms with Crippen molar-refractivity contribution in [3.05, 3.63) is 58.2 Å². The highest BCUT2D eigenvalue weighted by Crippen LogP contribution is 2.36. The number of nitrogens with zero attached hydrogens (tertiary/aromatic N) is 4. The van der Waals surface area contributed by atoms with E-state index >= 15 is 0 Å². The Labute approximate surface area is 215 Å². The molecule has 3 N–H and O–H groups in total. The molecule has 4 rings (SSSR count). The van der Waals surface area contributed by atoms with Gasteiger partial charge in [0, 0.05) is 53.2 Å². The van der Waals surface area contributed by atoms with Gasteiger partial charge in [0.15, 0.2) is 11.6 Å². The summed E-state index contributed by atoms with van der Waals surface area (Å²) in [7, 11) is 0. The Kier molecular flexibility index (Phi) is 8.49. The highest BCUT2D eigenvalue weighted by Gasteiger charge is 2.22. The Balaban J connectivity index is 1.41. The molecule has 2 aromatic heterocycles. The zero-order chi connectivity index (χ0) is 24.9. The number of aromatic nitrogens is 3. The Morgan fingerprint density at radius 3 is 2.89 bits per heavy atom. The van der Waals surface area contributed by atoms with Crippen LogP contribution in [0.5, 0.6) is 5.75 Å². The Morgan fingerprint density at radius 1 is 1.26 bits per heavy atom. The molecule has 1 aliphatic heterocycles. The van der Waals surface area contributed by atoms with E-state index in [4.69, 9.17) is 33.7 Å². The molecule has 35 heavy (non-hydrogen) atoms. The van der Waals surface area contributed by atoms with Crippen LogP contribution in [-0.2, 0) is 6.54 Å². The summed E-state index contributed by atoms with van der Waals surface area (Å²) in [5, 5.41) is 8.36. The van der Waals surface area contributed by atoms with Crippen LogP contribution in [-0.4, -0.2) is 51.9 Å². The van der Waals surface area contributed by atoms with Gasteiger partial charge < -0.3 is 15.8 Å². The average Bonchev–Trinajstić information content (AvgIpc) is 3.50. The predicted octanol–water partition coefficient (Wildman–Crippen LogP) is 5.19. The monoisotopic (exact) mass is 520 g/mol. The van der Waals surface area contributed by atoms with Crippen molar-refractivity contribution in [2.45, 2.75) is 45.4 Å². The molecule has 0 amide bonds. The van der Waals surface area contributed by atoms with E-state index in [0.717, 1.165) is 50.3 Å². The van der Waals surface area contributed by atoms with Gasteiger partial charge >= 0.3 is 0 Å². The Morgan fingerprint density at radius 2 is 2.09 bits per heavy atom. The van der Waals surface area contributed by atoms with Gasteiger partial charge in [0.05, 0.1) is 17.8 Å². The summed E-state index contributed by atoms with van der Waals surface area (Å²) in [6, 6.07) is 5.06. The van der Waals surface area contributed by atoms with E-state index in [0.29, 0.717) is 22.4 Å². The number of nitrogens with two attached hydrogens (primary N) is 1. The molecule has 1 fully saturated rings. The van der Waals surface area contributed by atoms with Crippen LogP contribution in [0.1, 0.15) is 38.4 Å². The van der Waals surface area contributed by atoms with Gasteiger partial charge in [0.1, 0.15) is 11.9 Å². The maximum Gasteiger partial charge on any atom is 0.166 e. The van der Waals surface area contributed by atoms with Crippen LogP contribution in [0.3, 0.4) is 0 Å². The van der Waals surface area contributed by atoms with E-state index in [1.165, 1.54) is 18.6 Å². The van der Waals surface area contributed by atoms with Crippen LogP contribution >= 0.6 is 23.2 Å². The molecular weight excluding hydrogens is 490 g/mol. The van der Waals surface area contributed by atoms with Crippen molar-refractivity contribution in [3.8, 4) is 16.9 Å². The first-order chi connectivity index (χ1) is 16.9. The molecule has 1 saturated heterocycles. The molecule has 1 aromatic carbocycles. The lowest BCUT2D eigenvalue weighted by Crippen LogP contribution is -2.34. The average molecular weight is 521 g/mol. The fourth-order valence-electron chi connectivity index (χ4n) is 4.30. The molecule has 188 valence electrons. The minimum absolute atomic E-state index is 0.0700. The van der Waals surface area contributed by atoms with E-state index in [2.05, 4.69) is 27.2 Å². The molecule has 2 unspecified atom stereocenters. The van der Waals surface area contributed by atoms with Gasteiger partial charge in [0.2, 0.25) is 0 Å². The minimum atomic E-state index is -0.635. The molecule has 0 spiro atoms. The van der Waals surface area contributed by atoms with Gasteiger partial charge in [-0.05, 0) is 51.1 Å². The zero-order valence-corrected chi connectivity index (χ0v) is 21.5. The van der Waals surface area contributed by atoms with Crippen molar-refractivity contribution < 1.29 is 9.13 Å². The Bertz CT molecular complexity index is 1160. The Hall–Kier alpha value is -2.39. The number of anilines is 1. The van der Waals surface area contributed by atoms with Crippen LogP contribution in [0.2, 0.25) is 10.0 Å². The third-order valence-electron chi connectivity index (χ3n) is 6.24. The van der Waals surface area contributed by atoms with Gasteiger partial charge in [-0.2, -0.15) is 5.10 Å². The molecule has 0 saturated carbocycles. The molecule has 10 heteroatoms. The number of nitrogens with one attached hydrogen (secondary N) is 1. The SMILES string of the molecule is CCCNC1CCN(CCn2cc(-c3cnc(N)c(OC(C)c4c(Cl)ccc(F)c4Cl)c3)cn2)C1. The number of rotatable bonds is 10. The second kappa shape index (κ2) is 11.6. The van der Waals surface area contributed by atoms with Crippen LogP contribution < -0.4 is 15.8 Å². The van der Waals surface area contributed by atoms with Gasteiger partial charge in [-0.3, -0.25) is 9.58 Å². The van der Waals surface area contributed by atoms with E-state index in [1.807, 2.05) is 10.9 Å². The van der Waals surface area contributed by atoms with Crippen LogP contribution in [0, 0.1) is 5.82 Å². The zero-order valence-electron chi connectivity index (χ0n) is 20.0. The van der Waals surface area contributed by atoms with Crippen LogP contribution in [0.25, 0.3) is 11.1 Å². The fraction of sp³-hybridized carbons (Fsp3) is 0.440. The summed E-state index contributed by atoms with van der Waals surface area (Å²) < 4.78 is 21.9. The molecule has 0 aliphatic carbocycles. The number of benzene rings is 1. The van der Waals surface area contributed by atoms with Crippen molar-refractivity contribution in [3.63, 3.8) is 0 Å². The van der Waals surface area contributed by atoms with Crippen molar-refractivity contribution in [1.82, 2.24) is 25.0 Å². The van der Waals surface area contributed by atoms with Gasteiger partial charge in [-0.15, -0.1) is 0 Å². The number of likely N-dealkylation sites (tertiary alicyclic amines) is 1. The van der Waals surface area contributed by atoms with E-state index in [9.17, 15) is 4.39 Å². The van der Waals surface area contributed by atoms with E-state index in [1.54, 1.807) is 25.4 Å². The first-order valence-electron chi connectivity index (χ1n) is 11.9. The number of pyridine rings is 1. The standard InChI is InChI=1S/C25H31Cl2FN6O/c1-3-7-30-19-6-8-33(15-19)9-10-34-14-18(13-32-34)17-11-22(25(29)31-12-17)35-16(2)23-20(26)4-5-21(28)24(23)27/h4-5,11-14,16,19,30H,3,6-10,15H2,1-2H3,(H2,29,31). The summed E-state index contributed by atoms with van der Waals surface area (Å²) in [4.78, 5) is 6.74. The molecule has 3 aromatic rings. The highest BCUT2D eigenvalue weighted by atomic mass is 35.5. The molecule has 3 heterocycles. The number of ether oxygens (including phenoxy) is 1. The molecule has 2 atom stereocenters. The largest absolute Gasteiger partial charge is 0.482 e. The summed E-state index contributed by atoms with van der Waals surface area (Å²) in [5.41, 5.74) is 8.14. The number of nitrogen functional groups attached to an aromatic ring is 1. The summed E-state index contributed by atoms with van der Waals surface area (Å²) in [6.45, 7) is 8.94. The highest BCUT2D eigenvalue weighted by molar-refractivity contribution is 6.36. The van der Waals surface area contributed by atoms with Gasteiger partial charge in [-0.25, -0.2) is 9.37 Å². The fourth-order valence-corrected chi connectivity index (χ4v) is 4.98. The number of hydrogen-bond acceptors (Lipinski definition) is 6. The minimum Gasteiger partial charge on any atom is -0.482 e. The first-order valence-corrected chi connectivity index (χ1v) is 12.7. The van der Waals surface area contributed by atoms with Crippen LogP contribution in [0.15, 0.2) is 36.8 Å². The van der Waals surface area contributed by atoms with Crippen LogP contribution in [0.4, 0.5) is 10.2 Å². The molecular formula is C25H31Cl2FN6O. The van der Waals surface area contributed by atoms with Gasteiger partial charge in [-0.1, -0.05) is 30.1 Å². The summed E-state index contributed by atoms with van der Waals surface area (Å²) >= 11 is 12.4. The molecule has 0 radical (unpaired) electrons. The van der Waals surface area contributed by atoms with Crippen molar-refractivity contribution >= 4 is 29.0 Å². The van der Waals surface area contributed by atoms with Gasteiger partial charge in [0.25, 0.3) is 0 Å². The smallest absolute Gasteiger partial charge is 0.166 e. The quantitative estimate of drug-likeness (QED) is 0.358. The van der Waals surface area contributed by atoms with E-state index in [-0.39, 0.29) is 10.8 Å². The second-order valence-corrected chi connectivity index (χ2v) is 9.64. The van der Waals surface area contributed by atoms with Crippen molar-refractivity contribution in [2.75, 3.05) is 31.9 Å². The normalized spacial score (nSPS) is 17.1. The third kappa shape index (κ3) is 6.25. The second-order valence-electron chi connectivity index (χ2n) is 8.86. The lowest BCUT2D eigenvalue weighted by Gasteiger charge is -2.19. The lowest BCUT2D eigenvalue weighted by molar-refractivity contribution is 0.227.